The first-order chi connectivity index (χ1) is 8.34. The van der Waals surface area contributed by atoms with E-state index in [2.05, 4.69) is 9.80 Å². The Morgan fingerprint density at radius 3 is 2.59 bits per heavy atom. The summed E-state index contributed by atoms with van der Waals surface area (Å²) < 4.78 is 5.28. The van der Waals surface area contributed by atoms with Crippen LogP contribution in [-0.2, 0) is 9.53 Å². The molecule has 0 aromatic carbocycles. The van der Waals surface area contributed by atoms with Crippen LogP contribution in [0.3, 0.4) is 0 Å². The van der Waals surface area contributed by atoms with Crippen LogP contribution in [0.4, 0.5) is 0 Å². The van der Waals surface area contributed by atoms with Gasteiger partial charge in [0.2, 0.25) is 5.91 Å². The second kappa shape index (κ2) is 4.94. The standard InChI is InChI=1S/C13H22N2O2/c16-13(14-6-2-1-3-7-14)12-5-4-8-15(12)9-11-10-17-11/h11-12H,1-10H2/t11-,12-/m0/s1. The SMILES string of the molecule is O=C([C@@H]1CCCN1C[C@H]1CO1)N1CCCCC1. The first kappa shape index (κ1) is 11.5. The van der Waals surface area contributed by atoms with Crippen LogP contribution in [0.5, 0.6) is 0 Å². The molecule has 3 aliphatic rings. The van der Waals surface area contributed by atoms with Crippen molar-refractivity contribution in [3.05, 3.63) is 0 Å². The number of carbonyl (C=O) groups excluding carboxylic acids is 1. The first-order valence-corrected chi connectivity index (χ1v) is 6.99. The molecule has 3 fully saturated rings. The average Bonchev–Trinajstić information content (AvgIpc) is 3.06. The maximum absolute atomic E-state index is 12.5. The van der Waals surface area contributed by atoms with Gasteiger partial charge in [-0.1, -0.05) is 0 Å². The number of rotatable bonds is 3. The Bertz CT molecular complexity index is 285. The molecule has 4 nitrogen and oxygen atoms in total. The zero-order valence-corrected chi connectivity index (χ0v) is 10.4. The van der Waals surface area contributed by atoms with Gasteiger partial charge in [0, 0.05) is 19.6 Å². The number of epoxide rings is 1. The quantitative estimate of drug-likeness (QED) is 0.684. The summed E-state index contributed by atoms with van der Waals surface area (Å²) in [5.74, 6) is 0.378. The lowest BCUT2D eigenvalue weighted by molar-refractivity contribution is -0.136. The van der Waals surface area contributed by atoms with E-state index in [1.807, 2.05) is 0 Å². The van der Waals surface area contributed by atoms with Crippen LogP contribution in [0, 0.1) is 0 Å². The summed E-state index contributed by atoms with van der Waals surface area (Å²) in [5, 5.41) is 0. The van der Waals surface area contributed by atoms with Crippen LogP contribution in [0.15, 0.2) is 0 Å². The number of amides is 1. The smallest absolute Gasteiger partial charge is 0.239 e. The first-order valence-electron chi connectivity index (χ1n) is 6.99. The zero-order valence-electron chi connectivity index (χ0n) is 10.4. The van der Waals surface area contributed by atoms with Gasteiger partial charge in [0.1, 0.15) is 0 Å². The largest absolute Gasteiger partial charge is 0.372 e. The third kappa shape index (κ3) is 2.63. The van der Waals surface area contributed by atoms with Crippen molar-refractivity contribution >= 4 is 5.91 Å². The van der Waals surface area contributed by atoms with Crippen LogP contribution >= 0.6 is 0 Å². The van der Waals surface area contributed by atoms with Gasteiger partial charge in [-0.05, 0) is 38.6 Å². The van der Waals surface area contributed by atoms with Gasteiger partial charge in [-0.25, -0.2) is 0 Å². The van der Waals surface area contributed by atoms with Crippen molar-refractivity contribution in [1.82, 2.24) is 9.80 Å². The van der Waals surface area contributed by atoms with E-state index in [0.717, 1.165) is 45.6 Å². The summed E-state index contributed by atoms with van der Waals surface area (Å²) in [6.07, 6.45) is 6.27. The van der Waals surface area contributed by atoms with Crippen molar-refractivity contribution < 1.29 is 9.53 Å². The van der Waals surface area contributed by atoms with Crippen molar-refractivity contribution in [1.29, 1.82) is 0 Å². The van der Waals surface area contributed by atoms with Gasteiger partial charge < -0.3 is 9.64 Å². The molecule has 0 unspecified atom stereocenters. The van der Waals surface area contributed by atoms with Gasteiger partial charge in [-0.2, -0.15) is 0 Å². The molecule has 3 rings (SSSR count). The molecular weight excluding hydrogens is 216 g/mol. The van der Waals surface area contributed by atoms with Gasteiger partial charge >= 0.3 is 0 Å². The van der Waals surface area contributed by atoms with Gasteiger partial charge in [0.05, 0.1) is 18.8 Å². The van der Waals surface area contributed by atoms with E-state index in [9.17, 15) is 4.79 Å². The maximum atomic E-state index is 12.5. The van der Waals surface area contributed by atoms with Crippen molar-refractivity contribution in [2.24, 2.45) is 0 Å². The summed E-state index contributed by atoms with van der Waals surface area (Å²) in [6.45, 7) is 4.88. The molecule has 0 radical (unpaired) electrons. The molecule has 17 heavy (non-hydrogen) atoms. The van der Waals surface area contributed by atoms with Crippen LogP contribution in [-0.4, -0.2) is 60.6 Å². The predicted molar refractivity (Wildman–Crippen MR) is 64.8 cm³/mol. The molecule has 0 N–H and O–H groups in total. The molecule has 3 aliphatic heterocycles. The predicted octanol–water partition coefficient (Wildman–Crippen LogP) is 0.862. The summed E-state index contributed by atoms with van der Waals surface area (Å²) >= 11 is 0. The molecule has 0 bridgehead atoms. The molecule has 0 spiro atoms. The molecule has 0 aromatic rings. The van der Waals surface area contributed by atoms with E-state index in [1.165, 1.54) is 19.3 Å². The lowest BCUT2D eigenvalue weighted by Gasteiger charge is -2.32. The zero-order chi connectivity index (χ0) is 11.7. The number of carbonyl (C=O) groups is 1. The highest BCUT2D eigenvalue weighted by atomic mass is 16.6. The van der Waals surface area contributed by atoms with E-state index in [1.54, 1.807) is 0 Å². The Kier molecular flexibility index (Phi) is 3.34. The minimum atomic E-state index is 0.150. The van der Waals surface area contributed by atoms with Gasteiger partial charge in [0.15, 0.2) is 0 Å². The molecule has 4 heteroatoms. The number of nitrogens with zero attached hydrogens (tertiary/aromatic N) is 2. The highest BCUT2D eigenvalue weighted by Crippen LogP contribution is 2.23. The molecule has 1 amide bonds. The summed E-state index contributed by atoms with van der Waals surface area (Å²) in [6, 6.07) is 0.150. The van der Waals surface area contributed by atoms with E-state index in [4.69, 9.17) is 4.74 Å². The second-order valence-electron chi connectivity index (χ2n) is 5.49. The van der Waals surface area contributed by atoms with Crippen molar-refractivity contribution in [3.8, 4) is 0 Å². The lowest BCUT2D eigenvalue weighted by Crippen LogP contribution is -2.48. The Balaban J connectivity index is 1.58. The molecule has 96 valence electrons. The fraction of sp³-hybridized carbons (Fsp3) is 0.923. The molecule has 3 heterocycles. The molecule has 3 saturated heterocycles. The fourth-order valence-electron chi connectivity index (χ4n) is 3.08. The maximum Gasteiger partial charge on any atom is 0.239 e. The second-order valence-corrected chi connectivity index (χ2v) is 5.49. The highest BCUT2D eigenvalue weighted by molar-refractivity contribution is 5.82. The van der Waals surface area contributed by atoms with E-state index in [0.29, 0.717) is 12.0 Å². The van der Waals surface area contributed by atoms with E-state index < -0.39 is 0 Å². The normalized spacial score (nSPS) is 34.0. The Labute approximate surface area is 103 Å². The Hall–Kier alpha value is -0.610. The van der Waals surface area contributed by atoms with Crippen LogP contribution in [0.2, 0.25) is 0 Å². The molecular formula is C13H22N2O2. The summed E-state index contributed by atoms with van der Waals surface area (Å²) in [4.78, 5) is 16.9. The van der Waals surface area contributed by atoms with Crippen LogP contribution in [0.25, 0.3) is 0 Å². The third-order valence-electron chi connectivity index (χ3n) is 4.16. The monoisotopic (exact) mass is 238 g/mol. The Morgan fingerprint density at radius 2 is 1.88 bits per heavy atom. The van der Waals surface area contributed by atoms with Gasteiger partial charge in [-0.3, -0.25) is 9.69 Å². The lowest BCUT2D eigenvalue weighted by atomic mass is 10.1. The highest BCUT2D eigenvalue weighted by Gasteiger charge is 2.37. The van der Waals surface area contributed by atoms with Gasteiger partial charge in [0.25, 0.3) is 0 Å². The summed E-state index contributed by atoms with van der Waals surface area (Å²) in [5.41, 5.74) is 0. The number of ether oxygens (including phenoxy) is 1. The number of hydrogen-bond donors (Lipinski definition) is 0. The number of likely N-dealkylation sites (tertiary alicyclic amines) is 2. The van der Waals surface area contributed by atoms with Crippen molar-refractivity contribution in [2.75, 3.05) is 32.8 Å². The van der Waals surface area contributed by atoms with E-state index in [-0.39, 0.29) is 6.04 Å². The molecule has 0 aliphatic carbocycles. The molecule has 2 atom stereocenters. The summed E-state index contributed by atoms with van der Waals surface area (Å²) in [7, 11) is 0. The number of piperidine rings is 1. The van der Waals surface area contributed by atoms with E-state index >= 15 is 0 Å². The Morgan fingerprint density at radius 1 is 1.12 bits per heavy atom. The number of hydrogen-bond acceptors (Lipinski definition) is 3. The third-order valence-corrected chi connectivity index (χ3v) is 4.16. The van der Waals surface area contributed by atoms with Crippen molar-refractivity contribution in [3.63, 3.8) is 0 Å². The van der Waals surface area contributed by atoms with Crippen LogP contribution in [0.1, 0.15) is 32.1 Å². The molecule has 0 saturated carbocycles. The van der Waals surface area contributed by atoms with Crippen LogP contribution < -0.4 is 0 Å². The minimum Gasteiger partial charge on any atom is -0.372 e. The van der Waals surface area contributed by atoms with Crippen molar-refractivity contribution in [2.45, 2.75) is 44.2 Å². The van der Waals surface area contributed by atoms with Gasteiger partial charge in [-0.15, -0.1) is 0 Å². The average molecular weight is 238 g/mol. The molecule has 0 aromatic heterocycles. The minimum absolute atomic E-state index is 0.150. The fourth-order valence-corrected chi connectivity index (χ4v) is 3.08. The topological polar surface area (TPSA) is 36.1 Å².